The van der Waals surface area contributed by atoms with Gasteiger partial charge in [0.1, 0.15) is 0 Å². The Bertz CT molecular complexity index is 281. The molecule has 1 rings (SSSR count). The molecule has 16 heavy (non-hydrogen) atoms. The smallest absolute Gasteiger partial charge is 0.0560 e. The van der Waals surface area contributed by atoms with E-state index in [9.17, 15) is 0 Å². The fraction of sp³-hybridized carbons (Fsp3) is 0.571. The van der Waals surface area contributed by atoms with Gasteiger partial charge in [-0.15, -0.1) is 0 Å². The Balaban J connectivity index is 2.67. The second kappa shape index (κ2) is 7.93. The molecule has 1 aromatic carbocycles. The van der Waals surface area contributed by atoms with Crippen LogP contribution in [0, 0.1) is 0 Å². The molecule has 1 unspecified atom stereocenters. The summed E-state index contributed by atoms with van der Waals surface area (Å²) in [4.78, 5) is 0. The van der Waals surface area contributed by atoms with Crippen LogP contribution in [0.3, 0.4) is 0 Å². The largest absolute Gasteiger partial charge is 0.328 e. The van der Waals surface area contributed by atoms with Crippen molar-refractivity contribution in [3.8, 4) is 0 Å². The van der Waals surface area contributed by atoms with Gasteiger partial charge in [0.15, 0.2) is 0 Å². The average Bonchev–Trinajstić information content (AvgIpc) is 2.35. The third-order valence-corrected chi connectivity index (χ3v) is 3.66. The van der Waals surface area contributed by atoms with Crippen LogP contribution in [0.4, 0.5) is 5.69 Å². The molecule has 0 aliphatic rings. The van der Waals surface area contributed by atoms with Crippen LogP contribution in [0.5, 0.6) is 0 Å². The van der Waals surface area contributed by atoms with E-state index in [1.165, 1.54) is 43.4 Å². The molecule has 0 aromatic heterocycles. The Morgan fingerprint density at radius 3 is 2.25 bits per heavy atom. The molecule has 0 aliphatic heterocycles. The van der Waals surface area contributed by atoms with Gasteiger partial charge < -0.3 is 3.53 Å². The highest BCUT2D eigenvalue weighted by molar-refractivity contribution is 14.1. The first-order chi connectivity index (χ1) is 7.81. The molecule has 1 N–H and O–H groups in total. The summed E-state index contributed by atoms with van der Waals surface area (Å²) >= 11 is 2.17. The monoisotopic (exact) mass is 331 g/mol. The van der Waals surface area contributed by atoms with Gasteiger partial charge in [0.05, 0.1) is 22.9 Å². The Labute approximate surface area is 114 Å². The molecule has 0 saturated carbocycles. The third-order valence-electron chi connectivity index (χ3n) is 3.03. The molecule has 1 nitrogen and oxygen atoms in total. The highest BCUT2D eigenvalue weighted by Crippen LogP contribution is 2.28. The predicted octanol–water partition coefficient (Wildman–Crippen LogP) is 5.52. The van der Waals surface area contributed by atoms with E-state index in [0.717, 1.165) is 5.92 Å². The maximum absolute atomic E-state index is 3.14. The lowest BCUT2D eigenvalue weighted by atomic mass is 9.90. The number of halogens is 1. The zero-order valence-corrected chi connectivity index (χ0v) is 12.5. The zero-order valence-electron chi connectivity index (χ0n) is 10.3. The molecular weight excluding hydrogens is 309 g/mol. The zero-order chi connectivity index (χ0) is 11.8. The van der Waals surface area contributed by atoms with Gasteiger partial charge in [-0.3, -0.25) is 0 Å². The number of hydrogen-bond donors (Lipinski definition) is 1. The van der Waals surface area contributed by atoms with E-state index in [2.05, 4.69) is 64.5 Å². The van der Waals surface area contributed by atoms with Gasteiger partial charge in [-0.2, -0.15) is 0 Å². The normalized spacial score (nSPS) is 12.4. The van der Waals surface area contributed by atoms with Crippen molar-refractivity contribution in [2.45, 2.75) is 51.9 Å². The Hall–Kier alpha value is -0.250. The van der Waals surface area contributed by atoms with Crippen molar-refractivity contribution in [3.63, 3.8) is 0 Å². The molecule has 0 fully saturated rings. The summed E-state index contributed by atoms with van der Waals surface area (Å²) in [6.45, 7) is 4.55. The van der Waals surface area contributed by atoms with Crippen molar-refractivity contribution < 1.29 is 0 Å². The Morgan fingerprint density at radius 2 is 1.75 bits per heavy atom. The number of hydrogen-bond acceptors (Lipinski definition) is 1. The van der Waals surface area contributed by atoms with Crippen LogP contribution >= 0.6 is 22.9 Å². The summed E-state index contributed by atoms with van der Waals surface area (Å²) in [5, 5.41) is 0. The van der Waals surface area contributed by atoms with Crippen LogP contribution in [0.2, 0.25) is 0 Å². The molecular formula is C14H22IN. The van der Waals surface area contributed by atoms with Gasteiger partial charge in [-0.05, 0) is 36.5 Å². The predicted molar refractivity (Wildman–Crippen MR) is 81.3 cm³/mol. The van der Waals surface area contributed by atoms with Crippen molar-refractivity contribution in [1.82, 2.24) is 0 Å². The molecule has 0 radical (unpaired) electrons. The molecule has 0 saturated heterocycles. The van der Waals surface area contributed by atoms with Crippen molar-refractivity contribution in [2.24, 2.45) is 0 Å². The minimum Gasteiger partial charge on any atom is -0.328 e. The van der Waals surface area contributed by atoms with Crippen molar-refractivity contribution in [2.75, 3.05) is 3.53 Å². The van der Waals surface area contributed by atoms with E-state index in [-0.39, 0.29) is 0 Å². The van der Waals surface area contributed by atoms with Gasteiger partial charge in [0.2, 0.25) is 0 Å². The number of benzene rings is 1. The van der Waals surface area contributed by atoms with E-state index in [0.29, 0.717) is 0 Å². The molecule has 0 amide bonds. The fourth-order valence-corrected chi connectivity index (χ4v) is 2.45. The van der Waals surface area contributed by atoms with Crippen molar-refractivity contribution >= 4 is 28.6 Å². The molecule has 2 heteroatoms. The van der Waals surface area contributed by atoms with Gasteiger partial charge in [-0.25, -0.2) is 0 Å². The fourth-order valence-electron chi connectivity index (χ4n) is 2.09. The summed E-state index contributed by atoms with van der Waals surface area (Å²) in [6, 6.07) is 8.90. The van der Waals surface area contributed by atoms with Gasteiger partial charge in [0, 0.05) is 5.69 Å². The van der Waals surface area contributed by atoms with Crippen LogP contribution in [0.25, 0.3) is 0 Å². The molecule has 0 heterocycles. The standard InChI is InChI=1S/C14H22IN/c1-3-5-7-12(6-4-2)13-8-10-14(16-15)11-9-13/h8-12,16H,3-7H2,1-2H3. The lowest BCUT2D eigenvalue weighted by molar-refractivity contribution is 0.541. The summed E-state index contributed by atoms with van der Waals surface area (Å²) < 4.78 is 3.14. The summed E-state index contributed by atoms with van der Waals surface area (Å²) in [5.41, 5.74) is 2.70. The second-order valence-corrected chi connectivity index (χ2v) is 4.88. The van der Waals surface area contributed by atoms with E-state index in [4.69, 9.17) is 0 Å². The summed E-state index contributed by atoms with van der Waals surface area (Å²) in [7, 11) is 0. The van der Waals surface area contributed by atoms with Crippen LogP contribution < -0.4 is 3.53 Å². The topological polar surface area (TPSA) is 12.0 Å². The lowest BCUT2D eigenvalue weighted by Crippen LogP contribution is -1.98. The number of nitrogens with one attached hydrogen (secondary N) is 1. The minimum absolute atomic E-state index is 0.758. The van der Waals surface area contributed by atoms with Crippen LogP contribution in [0.1, 0.15) is 57.4 Å². The number of unbranched alkanes of at least 4 members (excludes halogenated alkanes) is 1. The molecule has 1 atom stereocenters. The summed E-state index contributed by atoms with van der Waals surface area (Å²) in [5.74, 6) is 0.758. The molecule has 0 spiro atoms. The maximum atomic E-state index is 3.14. The highest BCUT2D eigenvalue weighted by atomic mass is 127. The molecule has 1 aromatic rings. The number of anilines is 1. The first-order valence-corrected chi connectivity index (χ1v) is 7.36. The van der Waals surface area contributed by atoms with E-state index < -0.39 is 0 Å². The molecule has 90 valence electrons. The van der Waals surface area contributed by atoms with Crippen LogP contribution in [-0.2, 0) is 0 Å². The number of rotatable bonds is 7. The quantitative estimate of drug-likeness (QED) is 0.512. The van der Waals surface area contributed by atoms with Gasteiger partial charge in [0.25, 0.3) is 0 Å². The van der Waals surface area contributed by atoms with Crippen LogP contribution in [0.15, 0.2) is 24.3 Å². The second-order valence-electron chi connectivity index (χ2n) is 4.34. The summed E-state index contributed by atoms with van der Waals surface area (Å²) in [6.07, 6.45) is 6.57. The van der Waals surface area contributed by atoms with E-state index in [1.807, 2.05) is 0 Å². The molecule has 0 bridgehead atoms. The van der Waals surface area contributed by atoms with Crippen LogP contribution in [-0.4, -0.2) is 0 Å². The lowest BCUT2D eigenvalue weighted by Gasteiger charge is -2.16. The van der Waals surface area contributed by atoms with Gasteiger partial charge >= 0.3 is 0 Å². The van der Waals surface area contributed by atoms with E-state index in [1.54, 1.807) is 0 Å². The minimum atomic E-state index is 0.758. The third kappa shape index (κ3) is 4.32. The Kier molecular flexibility index (Phi) is 6.85. The average molecular weight is 331 g/mol. The van der Waals surface area contributed by atoms with Crippen molar-refractivity contribution in [1.29, 1.82) is 0 Å². The van der Waals surface area contributed by atoms with E-state index >= 15 is 0 Å². The highest BCUT2D eigenvalue weighted by Gasteiger charge is 2.09. The Morgan fingerprint density at radius 1 is 1.06 bits per heavy atom. The SMILES string of the molecule is CCCCC(CCC)c1ccc(NI)cc1. The first kappa shape index (κ1) is 13.8. The maximum Gasteiger partial charge on any atom is 0.0560 e. The van der Waals surface area contributed by atoms with Crippen molar-refractivity contribution in [3.05, 3.63) is 29.8 Å². The molecule has 0 aliphatic carbocycles. The van der Waals surface area contributed by atoms with Gasteiger partial charge in [-0.1, -0.05) is 45.2 Å². The first-order valence-electron chi connectivity index (χ1n) is 6.28.